The summed E-state index contributed by atoms with van der Waals surface area (Å²) >= 11 is 1.31. The molecule has 1 amide bonds. The molecule has 0 aliphatic carbocycles. The largest absolute Gasteiger partial charge is 0.283 e. The smallest absolute Gasteiger partial charge is 0.282 e. The molecule has 2 aliphatic rings. The van der Waals surface area contributed by atoms with E-state index in [1.165, 1.54) is 27.9 Å². The Bertz CT molecular complexity index is 1050. The third kappa shape index (κ3) is 3.43. The average molecular weight is 388 g/mol. The lowest BCUT2D eigenvalue weighted by molar-refractivity contribution is -0.114. The molecule has 0 atom stereocenters. The van der Waals surface area contributed by atoms with Crippen LogP contribution < -0.4 is 0 Å². The fourth-order valence-electron chi connectivity index (χ4n) is 2.95. The number of amides is 1. The highest BCUT2D eigenvalue weighted by atomic mass is 32.2. The fraction of sp³-hybridized carbons (Fsp3) is 0.182. The number of rotatable bonds is 3. The molecular weight excluding hydrogens is 368 g/mol. The number of aliphatic imine (C=N–C) groups is 1. The van der Waals surface area contributed by atoms with Crippen molar-refractivity contribution in [3.8, 4) is 0 Å². The van der Waals surface area contributed by atoms with Gasteiger partial charge in [-0.25, -0.2) is 0 Å². The number of hydrogen-bond acceptors (Lipinski definition) is 4. The highest BCUT2D eigenvalue weighted by molar-refractivity contribution is 8.27. The molecule has 0 saturated heterocycles. The Morgan fingerprint density at radius 1 is 1.07 bits per heavy atom. The number of amidine groups is 2. The van der Waals surface area contributed by atoms with Gasteiger partial charge in [0.25, 0.3) is 5.91 Å². The molecule has 5 nitrogen and oxygen atoms in total. The summed E-state index contributed by atoms with van der Waals surface area (Å²) in [4.78, 5) is 16.7. The van der Waals surface area contributed by atoms with Crippen molar-refractivity contribution in [2.45, 2.75) is 26.7 Å². The third-order valence-electron chi connectivity index (χ3n) is 4.67. The Balaban J connectivity index is 1.64. The fourth-order valence-corrected chi connectivity index (χ4v) is 3.85. The number of fused-ring (bicyclic) bond motifs is 1. The SMILES string of the molecule is Cc1ccc(C2=NN3C(=N)/C(=C/c4ccc(C(C)C)cc4)C(=O)N=C3S2)cc1. The van der Waals surface area contributed by atoms with Crippen molar-refractivity contribution in [3.05, 3.63) is 76.4 Å². The maximum atomic E-state index is 12.5. The Morgan fingerprint density at radius 3 is 2.39 bits per heavy atom. The van der Waals surface area contributed by atoms with E-state index >= 15 is 0 Å². The first-order valence-electron chi connectivity index (χ1n) is 9.09. The van der Waals surface area contributed by atoms with Crippen LogP contribution in [0.1, 0.15) is 42.0 Å². The number of carbonyl (C=O) groups excluding carboxylic acids is 1. The van der Waals surface area contributed by atoms with Crippen LogP contribution in [0, 0.1) is 12.3 Å². The van der Waals surface area contributed by atoms with E-state index in [-0.39, 0.29) is 11.4 Å². The third-order valence-corrected chi connectivity index (χ3v) is 5.62. The van der Waals surface area contributed by atoms with Crippen molar-refractivity contribution in [2.75, 3.05) is 0 Å². The van der Waals surface area contributed by atoms with Crippen molar-refractivity contribution >= 4 is 39.8 Å². The lowest BCUT2D eigenvalue weighted by Gasteiger charge is -2.20. The molecule has 140 valence electrons. The van der Waals surface area contributed by atoms with Crippen molar-refractivity contribution in [1.82, 2.24) is 5.01 Å². The van der Waals surface area contributed by atoms with Gasteiger partial charge in [-0.2, -0.15) is 15.1 Å². The van der Waals surface area contributed by atoms with Gasteiger partial charge in [0.2, 0.25) is 5.17 Å². The average Bonchev–Trinajstić information content (AvgIpc) is 3.10. The van der Waals surface area contributed by atoms with Crippen molar-refractivity contribution < 1.29 is 4.79 Å². The van der Waals surface area contributed by atoms with Gasteiger partial charge in [0.1, 0.15) is 5.04 Å². The summed E-state index contributed by atoms with van der Waals surface area (Å²) in [5.74, 6) is 0.0919. The lowest BCUT2D eigenvalue weighted by atomic mass is 10.0. The summed E-state index contributed by atoms with van der Waals surface area (Å²) in [5.41, 5.74) is 4.46. The number of thioether (sulfide) groups is 1. The first kappa shape index (κ1) is 18.4. The summed E-state index contributed by atoms with van der Waals surface area (Å²) in [7, 11) is 0. The van der Waals surface area contributed by atoms with E-state index in [0.717, 1.165) is 16.2 Å². The van der Waals surface area contributed by atoms with Gasteiger partial charge in [-0.15, -0.1) is 0 Å². The summed E-state index contributed by atoms with van der Waals surface area (Å²) in [5, 5.41) is 15.6. The number of hydrogen-bond donors (Lipinski definition) is 1. The van der Waals surface area contributed by atoms with Crippen LogP contribution in [0.25, 0.3) is 6.08 Å². The maximum absolute atomic E-state index is 12.5. The molecule has 2 aromatic rings. The zero-order chi connectivity index (χ0) is 19.8. The van der Waals surface area contributed by atoms with Gasteiger partial charge in [-0.1, -0.05) is 67.9 Å². The van der Waals surface area contributed by atoms with E-state index in [9.17, 15) is 4.79 Å². The molecule has 0 bridgehead atoms. The molecule has 0 radical (unpaired) electrons. The van der Waals surface area contributed by atoms with Gasteiger partial charge < -0.3 is 0 Å². The molecule has 2 aromatic carbocycles. The zero-order valence-corrected chi connectivity index (χ0v) is 16.7. The first-order chi connectivity index (χ1) is 13.4. The lowest BCUT2D eigenvalue weighted by Crippen LogP contribution is -2.35. The monoisotopic (exact) mass is 388 g/mol. The Labute approximate surface area is 168 Å². The molecule has 1 N–H and O–H groups in total. The number of benzene rings is 2. The number of aryl methyl sites for hydroxylation is 1. The van der Waals surface area contributed by atoms with Crippen LogP contribution in [0.5, 0.6) is 0 Å². The van der Waals surface area contributed by atoms with Gasteiger partial charge in [0.15, 0.2) is 5.84 Å². The van der Waals surface area contributed by atoms with E-state index in [1.54, 1.807) is 6.08 Å². The van der Waals surface area contributed by atoms with Crippen LogP contribution in [0.15, 0.2) is 64.2 Å². The van der Waals surface area contributed by atoms with E-state index in [0.29, 0.717) is 11.1 Å². The quantitative estimate of drug-likeness (QED) is 0.769. The molecule has 28 heavy (non-hydrogen) atoms. The van der Waals surface area contributed by atoms with Gasteiger partial charge in [0.05, 0.1) is 5.57 Å². The van der Waals surface area contributed by atoms with Crippen molar-refractivity contribution in [3.63, 3.8) is 0 Å². The standard InChI is InChI=1S/C22H20N4OS/c1-13(2)16-10-6-15(7-11-16)12-18-19(23)26-22(24-20(18)27)28-21(25-26)17-8-4-14(3)5-9-17/h4-13,23H,1-3H3/b18-12-,23-19?. The van der Waals surface area contributed by atoms with Crippen LogP contribution in [-0.4, -0.2) is 27.0 Å². The normalized spacial score (nSPS) is 17.9. The maximum Gasteiger partial charge on any atom is 0.283 e. The summed E-state index contributed by atoms with van der Waals surface area (Å²) in [6, 6.07) is 16.0. The second-order valence-electron chi connectivity index (χ2n) is 7.11. The van der Waals surface area contributed by atoms with Gasteiger partial charge in [-0.3, -0.25) is 10.2 Å². The zero-order valence-electron chi connectivity index (χ0n) is 15.9. The minimum Gasteiger partial charge on any atom is -0.282 e. The van der Waals surface area contributed by atoms with Gasteiger partial charge in [0, 0.05) is 5.56 Å². The minimum atomic E-state index is -0.406. The molecule has 2 aliphatic heterocycles. The molecule has 6 heteroatoms. The number of hydrazone groups is 1. The summed E-state index contributed by atoms with van der Waals surface area (Å²) in [6.07, 6.45) is 1.71. The highest BCUT2D eigenvalue weighted by Crippen LogP contribution is 2.31. The van der Waals surface area contributed by atoms with E-state index in [1.807, 2.05) is 55.5 Å². The van der Waals surface area contributed by atoms with Gasteiger partial charge in [-0.05, 0) is 41.8 Å². The van der Waals surface area contributed by atoms with E-state index in [4.69, 9.17) is 5.41 Å². The molecule has 4 rings (SSSR count). The van der Waals surface area contributed by atoms with Crippen LogP contribution in [0.3, 0.4) is 0 Å². The minimum absolute atomic E-state index is 0.0533. The summed E-state index contributed by atoms with van der Waals surface area (Å²) in [6.45, 7) is 6.30. The predicted octanol–water partition coefficient (Wildman–Crippen LogP) is 4.79. The predicted molar refractivity (Wildman–Crippen MR) is 116 cm³/mol. The van der Waals surface area contributed by atoms with E-state index < -0.39 is 5.91 Å². The molecule has 0 unspecified atom stereocenters. The Hall–Kier alpha value is -2.99. The highest BCUT2D eigenvalue weighted by Gasteiger charge is 2.35. The topological polar surface area (TPSA) is 68.9 Å². The van der Waals surface area contributed by atoms with Crippen LogP contribution >= 0.6 is 11.8 Å². The van der Waals surface area contributed by atoms with Crippen molar-refractivity contribution in [1.29, 1.82) is 5.41 Å². The molecule has 0 saturated carbocycles. The summed E-state index contributed by atoms with van der Waals surface area (Å²) < 4.78 is 0. The van der Waals surface area contributed by atoms with Crippen LogP contribution in [0.4, 0.5) is 0 Å². The van der Waals surface area contributed by atoms with Gasteiger partial charge >= 0.3 is 0 Å². The second-order valence-corrected chi connectivity index (χ2v) is 8.07. The first-order valence-corrected chi connectivity index (χ1v) is 9.91. The Morgan fingerprint density at radius 2 is 1.75 bits per heavy atom. The van der Waals surface area contributed by atoms with Crippen molar-refractivity contribution in [2.24, 2.45) is 10.1 Å². The number of nitrogens with zero attached hydrogens (tertiary/aromatic N) is 3. The molecule has 0 aromatic heterocycles. The van der Waals surface area contributed by atoms with Crippen LogP contribution in [-0.2, 0) is 4.79 Å². The van der Waals surface area contributed by atoms with E-state index in [2.05, 4.69) is 23.9 Å². The number of nitrogens with one attached hydrogen (secondary N) is 1. The molecule has 0 fully saturated rings. The molecular formula is C22H20N4OS. The number of carbonyl (C=O) groups is 1. The molecule has 0 spiro atoms. The Kier molecular flexibility index (Phi) is 4.73. The van der Waals surface area contributed by atoms with Crippen LogP contribution in [0.2, 0.25) is 0 Å². The second kappa shape index (κ2) is 7.20. The molecule has 2 heterocycles.